The Morgan fingerprint density at radius 1 is 0.698 bits per heavy atom. The van der Waals surface area contributed by atoms with Gasteiger partial charge in [-0.1, -0.05) is 15.9 Å². The number of methoxy groups -OCH3 is 4. The standard InChI is InChI=1S/C14H23NO6.C10H17NO4.C4H7BrO2/c1-13(2,3)21-12(18)15-8-14(9-15,11(17)20-5)7-6-10(16)19-4;1-10(2,3)15-9(13)11-5-7(6-11)8(12)14-4;1-7-4(6)2-3-5/h6-9H2,1-5H3;7H,5-6H2,1-4H3;2-3H2,1H3. The molecule has 0 aromatic carbocycles. The first-order chi connectivity index (χ1) is 19.8. The molecule has 2 aliphatic rings. The number of hydrogen-bond acceptors (Lipinski definition) is 12. The van der Waals surface area contributed by atoms with Gasteiger partial charge in [0.05, 0.1) is 40.8 Å². The molecule has 0 aromatic rings. The Kier molecular flexibility index (Phi) is 16.6. The molecule has 43 heavy (non-hydrogen) atoms. The number of hydrogen-bond donors (Lipinski definition) is 0. The maximum absolute atomic E-state index is 11.9. The first-order valence-corrected chi connectivity index (χ1v) is 14.7. The first kappa shape index (κ1) is 39.9. The summed E-state index contributed by atoms with van der Waals surface area (Å²) in [6.45, 7) is 11.9. The van der Waals surface area contributed by atoms with E-state index in [-0.39, 0.29) is 49.9 Å². The first-order valence-electron chi connectivity index (χ1n) is 13.6. The number of likely N-dealkylation sites (tertiary alicyclic amines) is 2. The van der Waals surface area contributed by atoms with Gasteiger partial charge in [-0.25, -0.2) is 9.59 Å². The molecule has 2 aliphatic heterocycles. The number of rotatable bonds is 7. The van der Waals surface area contributed by atoms with Crippen molar-refractivity contribution in [3.8, 4) is 0 Å². The van der Waals surface area contributed by atoms with Crippen molar-refractivity contribution in [1.82, 2.24) is 9.80 Å². The van der Waals surface area contributed by atoms with Gasteiger partial charge in [0.2, 0.25) is 0 Å². The molecule has 248 valence electrons. The summed E-state index contributed by atoms with van der Waals surface area (Å²) in [5, 5.41) is 0.680. The molecule has 2 saturated heterocycles. The zero-order valence-corrected chi connectivity index (χ0v) is 28.5. The predicted octanol–water partition coefficient (Wildman–Crippen LogP) is 3.32. The van der Waals surface area contributed by atoms with Gasteiger partial charge in [-0.3, -0.25) is 19.2 Å². The molecule has 0 atom stereocenters. The molecule has 2 fully saturated rings. The van der Waals surface area contributed by atoms with Crippen molar-refractivity contribution in [2.45, 2.75) is 72.0 Å². The Morgan fingerprint density at radius 2 is 1.14 bits per heavy atom. The molecule has 0 N–H and O–H groups in total. The highest BCUT2D eigenvalue weighted by Crippen LogP contribution is 2.37. The number of amides is 2. The maximum atomic E-state index is 11.9. The second kappa shape index (κ2) is 17.9. The molecule has 0 aliphatic carbocycles. The van der Waals surface area contributed by atoms with Crippen LogP contribution in [0.1, 0.15) is 60.8 Å². The molecule has 0 spiro atoms. The lowest BCUT2D eigenvalue weighted by Crippen LogP contribution is -2.63. The highest BCUT2D eigenvalue weighted by atomic mass is 79.9. The van der Waals surface area contributed by atoms with Crippen molar-refractivity contribution < 1.29 is 57.2 Å². The highest BCUT2D eigenvalue weighted by Gasteiger charge is 2.53. The van der Waals surface area contributed by atoms with Crippen LogP contribution in [0, 0.1) is 11.3 Å². The van der Waals surface area contributed by atoms with Gasteiger partial charge in [0.25, 0.3) is 0 Å². The minimum Gasteiger partial charge on any atom is -0.469 e. The van der Waals surface area contributed by atoms with E-state index in [4.69, 9.17) is 14.2 Å². The topological polar surface area (TPSA) is 164 Å². The van der Waals surface area contributed by atoms with Gasteiger partial charge in [-0.2, -0.15) is 0 Å². The second-order valence-electron chi connectivity index (χ2n) is 11.8. The molecule has 0 bridgehead atoms. The van der Waals surface area contributed by atoms with Crippen LogP contribution in [0.4, 0.5) is 9.59 Å². The third kappa shape index (κ3) is 14.8. The van der Waals surface area contributed by atoms with Gasteiger partial charge in [0, 0.05) is 37.9 Å². The van der Waals surface area contributed by atoms with Crippen molar-refractivity contribution in [2.24, 2.45) is 11.3 Å². The number of halogens is 1. The molecule has 0 saturated carbocycles. The fourth-order valence-electron chi connectivity index (χ4n) is 3.64. The molecule has 0 aromatic heterocycles. The van der Waals surface area contributed by atoms with Gasteiger partial charge < -0.3 is 38.2 Å². The summed E-state index contributed by atoms with van der Waals surface area (Å²) in [5.74, 6) is -1.45. The van der Waals surface area contributed by atoms with E-state index in [1.54, 1.807) is 20.8 Å². The largest absolute Gasteiger partial charge is 0.469 e. The van der Waals surface area contributed by atoms with E-state index in [2.05, 4.69) is 30.1 Å². The van der Waals surface area contributed by atoms with Crippen molar-refractivity contribution in [3.63, 3.8) is 0 Å². The quantitative estimate of drug-likeness (QED) is 0.219. The molecule has 2 heterocycles. The number of carbonyl (C=O) groups excluding carboxylic acids is 6. The highest BCUT2D eigenvalue weighted by molar-refractivity contribution is 9.09. The number of nitrogens with zero attached hydrogens (tertiary/aromatic N) is 2. The summed E-state index contributed by atoms with van der Waals surface area (Å²) in [6.07, 6.45) is -0.00152. The van der Waals surface area contributed by atoms with Gasteiger partial charge in [0.1, 0.15) is 16.6 Å². The summed E-state index contributed by atoms with van der Waals surface area (Å²) in [6, 6.07) is 0. The number of ether oxygens (including phenoxy) is 6. The van der Waals surface area contributed by atoms with E-state index in [0.717, 1.165) is 0 Å². The van der Waals surface area contributed by atoms with Crippen molar-refractivity contribution in [2.75, 3.05) is 59.9 Å². The van der Waals surface area contributed by atoms with Crippen LogP contribution in [0.5, 0.6) is 0 Å². The minimum absolute atomic E-state index is 0.105. The Bertz CT molecular complexity index is 962. The molecule has 15 heteroatoms. The zero-order chi connectivity index (χ0) is 33.6. The lowest BCUT2D eigenvalue weighted by Gasteiger charge is -2.47. The summed E-state index contributed by atoms with van der Waals surface area (Å²) >= 11 is 3.09. The van der Waals surface area contributed by atoms with Crippen LogP contribution in [0.25, 0.3) is 0 Å². The average Bonchev–Trinajstić information content (AvgIpc) is 2.85. The molecule has 2 rings (SSSR count). The molecular weight excluding hydrogens is 636 g/mol. The molecule has 2 amide bonds. The molecule has 0 unspecified atom stereocenters. The molecule has 14 nitrogen and oxygen atoms in total. The van der Waals surface area contributed by atoms with Crippen molar-refractivity contribution >= 4 is 52.0 Å². The van der Waals surface area contributed by atoms with Crippen molar-refractivity contribution in [3.05, 3.63) is 0 Å². The Labute approximate surface area is 262 Å². The lowest BCUT2D eigenvalue weighted by atomic mass is 9.76. The summed E-state index contributed by atoms with van der Waals surface area (Å²) in [4.78, 5) is 70.6. The van der Waals surface area contributed by atoms with Crippen LogP contribution < -0.4 is 0 Å². The van der Waals surface area contributed by atoms with Gasteiger partial charge >= 0.3 is 36.1 Å². The lowest BCUT2D eigenvalue weighted by molar-refractivity contribution is -0.165. The number of esters is 4. The number of carbonyl (C=O) groups is 6. The van der Waals surface area contributed by atoms with E-state index in [9.17, 15) is 28.8 Å². The Hall–Kier alpha value is -3.10. The fourth-order valence-corrected chi connectivity index (χ4v) is 3.96. The normalized spacial score (nSPS) is 15.4. The second-order valence-corrected chi connectivity index (χ2v) is 12.6. The Balaban J connectivity index is 0.000000696. The molecular formula is C28H47BrN2O12. The van der Waals surface area contributed by atoms with Crippen LogP contribution in [0.3, 0.4) is 0 Å². The van der Waals surface area contributed by atoms with E-state index >= 15 is 0 Å². The average molecular weight is 684 g/mol. The monoisotopic (exact) mass is 682 g/mol. The third-order valence-corrected chi connectivity index (χ3v) is 6.28. The van der Waals surface area contributed by atoms with E-state index < -0.39 is 34.6 Å². The van der Waals surface area contributed by atoms with Crippen LogP contribution in [-0.4, -0.2) is 117 Å². The Morgan fingerprint density at radius 3 is 1.49 bits per heavy atom. The third-order valence-electron chi connectivity index (χ3n) is 5.89. The summed E-state index contributed by atoms with van der Waals surface area (Å²) in [5.41, 5.74) is -1.93. The smallest absolute Gasteiger partial charge is 0.410 e. The molecule has 0 radical (unpaired) electrons. The summed E-state index contributed by atoms with van der Waals surface area (Å²) < 4.78 is 28.6. The van der Waals surface area contributed by atoms with Crippen LogP contribution in [0.15, 0.2) is 0 Å². The van der Waals surface area contributed by atoms with Crippen molar-refractivity contribution in [1.29, 1.82) is 0 Å². The van der Waals surface area contributed by atoms with E-state index in [1.165, 1.54) is 38.2 Å². The van der Waals surface area contributed by atoms with Gasteiger partial charge in [-0.15, -0.1) is 0 Å². The number of alkyl halides is 1. The SMILES string of the molecule is COC(=O)C1CN(C(=O)OC(C)(C)C)C1.COC(=O)CCBr.COC(=O)CCC1(C(=O)OC)CN(C(=O)OC(C)(C)C)C1. The van der Waals surface area contributed by atoms with E-state index in [1.807, 2.05) is 20.8 Å². The predicted molar refractivity (Wildman–Crippen MR) is 157 cm³/mol. The summed E-state index contributed by atoms with van der Waals surface area (Å²) in [7, 11) is 5.31. The fraction of sp³-hybridized carbons (Fsp3) is 0.786. The van der Waals surface area contributed by atoms with E-state index in [0.29, 0.717) is 24.8 Å². The van der Waals surface area contributed by atoms with Gasteiger partial charge in [-0.05, 0) is 48.0 Å². The van der Waals surface area contributed by atoms with Crippen LogP contribution in [-0.2, 0) is 47.6 Å². The van der Waals surface area contributed by atoms with Gasteiger partial charge in [0.15, 0.2) is 0 Å². The van der Waals surface area contributed by atoms with Crippen LogP contribution in [0.2, 0.25) is 0 Å². The minimum atomic E-state index is -0.847. The zero-order valence-electron chi connectivity index (χ0n) is 26.9. The maximum Gasteiger partial charge on any atom is 0.410 e. The van der Waals surface area contributed by atoms with Crippen LogP contribution >= 0.6 is 15.9 Å².